The molecular formula is C22H22N4O3. The normalized spacial score (nSPS) is 13.9. The summed E-state index contributed by atoms with van der Waals surface area (Å²) in [5, 5.41) is 18.9. The van der Waals surface area contributed by atoms with Crippen LogP contribution in [0.5, 0.6) is 0 Å². The van der Waals surface area contributed by atoms with Crippen LogP contribution >= 0.6 is 0 Å². The summed E-state index contributed by atoms with van der Waals surface area (Å²) >= 11 is 0. The average Bonchev–Trinajstić information content (AvgIpc) is 3.19. The molecule has 0 saturated carbocycles. The molecule has 0 radical (unpaired) electrons. The molecule has 0 spiro atoms. The van der Waals surface area contributed by atoms with E-state index in [0.29, 0.717) is 11.3 Å². The van der Waals surface area contributed by atoms with Gasteiger partial charge in [-0.2, -0.15) is 5.10 Å². The first-order valence-corrected chi connectivity index (χ1v) is 9.67. The maximum Gasteiger partial charge on any atom is 0.356 e. The number of amides is 1. The fourth-order valence-electron chi connectivity index (χ4n) is 3.58. The fourth-order valence-corrected chi connectivity index (χ4v) is 3.58. The minimum Gasteiger partial charge on any atom is -0.476 e. The maximum absolute atomic E-state index is 12.6. The number of carbonyl (C=O) groups is 2. The monoisotopic (exact) mass is 390 g/mol. The summed E-state index contributed by atoms with van der Waals surface area (Å²) in [6.45, 7) is 2.09. The molecule has 4 rings (SSSR count). The third-order valence-corrected chi connectivity index (χ3v) is 5.12. The third kappa shape index (κ3) is 3.99. The SMILES string of the molecule is O=C(Nc1c(-c2ccc(N3CCCCC3)cc2)n[nH]c1C(=O)O)c1ccccc1. The summed E-state index contributed by atoms with van der Waals surface area (Å²) in [7, 11) is 0. The minimum absolute atomic E-state index is 0.149. The Labute approximate surface area is 168 Å². The number of hydrogen-bond acceptors (Lipinski definition) is 4. The first-order chi connectivity index (χ1) is 14.1. The van der Waals surface area contributed by atoms with Crippen molar-refractivity contribution < 1.29 is 14.7 Å². The molecule has 2 heterocycles. The van der Waals surface area contributed by atoms with Crippen molar-refractivity contribution in [2.45, 2.75) is 19.3 Å². The van der Waals surface area contributed by atoms with Crippen molar-refractivity contribution >= 4 is 23.3 Å². The number of nitrogens with one attached hydrogen (secondary N) is 2. The number of piperidine rings is 1. The number of nitrogens with zero attached hydrogens (tertiary/aromatic N) is 2. The zero-order valence-electron chi connectivity index (χ0n) is 15.9. The van der Waals surface area contributed by atoms with Crippen LogP contribution in [0, 0.1) is 0 Å². The van der Waals surface area contributed by atoms with Crippen LogP contribution in [0.1, 0.15) is 40.1 Å². The molecule has 1 saturated heterocycles. The number of carboxylic acid groups (broad SMARTS) is 1. The van der Waals surface area contributed by atoms with E-state index in [1.165, 1.54) is 19.3 Å². The molecule has 1 fully saturated rings. The molecule has 0 aliphatic carbocycles. The lowest BCUT2D eigenvalue weighted by molar-refractivity contribution is 0.0691. The number of carbonyl (C=O) groups excluding carboxylic acids is 1. The molecule has 1 amide bonds. The van der Waals surface area contributed by atoms with E-state index >= 15 is 0 Å². The van der Waals surface area contributed by atoms with Gasteiger partial charge < -0.3 is 15.3 Å². The number of aromatic amines is 1. The van der Waals surface area contributed by atoms with Gasteiger partial charge in [-0.15, -0.1) is 0 Å². The van der Waals surface area contributed by atoms with E-state index < -0.39 is 5.97 Å². The Morgan fingerprint density at radius 2 is 1.66 bits per heavy atom. The first-order valence-electron chi connectivity index (χ1n) is 9.67. The maximum atomic E-state index is 12.6. The summed E-state index contributed by atoms with van der Waals surface area (Å²) in [5.74, 6) is -1.57. The Balaban J connectivity index is 1.63. The second-order valence-electron chi connectivity index (χ2n) is 7.04. The van der Waals surface area contributed by atoms with Crippen molar-refractivity contribution in [3.63, 3.8) is 0 Å². The van der Waals surface area contributed by atoms with Gasteiger partial charge in [-0.05, 0) is 43.5 Å². The van der Waals surface area contributed by atoms with E-state index in [0.717, 1.165) is 24.3 Å². The van der Waals surface area contributed by atoms with E-state index in [2.05, 4.69) is 20.4 Å². The summed E-state index contributed by atoms with van der Waals surface area (Å²) < 4.78 is 0. The second kappa shape index (κ2) is 8.18. The highest BCUT2D eigenvalue weighted by molar-refractivity contribution is 6.09. The molecule has 7 nitrogen and oxygen atoms in total. The number of carboxylic acids is 1. The number of rotatable bonds is 5. The second-order valence-corrected chi connectivity index (χ2v) is 7.04. The number of aromatic carboxylic acids is 1. The van der Waals surface area contributed by atoms with Gasteiger partial charge >= 0.3 is 5.97 Å². The van der Waals surface area contributed by atoms with Crippen LogP contribution in [0.25, 0.3) is 11.3 Å². The van der Waals surface area contributed by atoms with E-state index in [4.69, 9.17) is 0 Å². The van der Waals surface area contributed by atoms with E-state index in [-0.39, 0.29) is 17.3 Å². The van der Waals surface area contributed by atoms with Gasteiger partial charge in [0, 0.05) is 29.9 Å². The van der Waals surface area contributed by atoms with Gasteiger partial charge in [0.05, 0.1) is 0 Å². The summed E-state index contributed by atoms with van der Waals surface area (Å²) in [6, 6.07) is 16.5. The highest BCUT2D eigenvalue weighted by Gasteiger charge is 2.22. The Morgan fingerprint density at radius 1 is 0.966 bits per heavy atom. The van der Waals surface area contributed by atoms with Crippen LogP contribution in [-0.4, -0.2) is 40.3 Å². The molecule has 7 heteroatoms. The molecule has 0 atom stereocenters. The van der Waals surface area contributed by atoms with Crippen molar-refractivity contribution in [2.24, 2.45) is 0 Å². The smallest absolute Gasteiger partial charge is 0.356 e. The van der Waals surface area contributed by atoms with Crippen molar-refractivity contribution in [3.05, 3.63) is 65.9 Å². The van der Waals surface area contributed by atoms with Crippen molar-refractivity contribution in [1.29, 1.82) is 0 Å². The number of H-pyrrole nitrogens is 1. The first kappa shape index (κ1) is 18.7. The van der Waals surface area contributed by atoms with Gasteiger partial charge in [-0.1, -0.05) is 30.3 Å². The zero-order valence-corrected chi connectivity index (χ0v) is 15.9. The molecule has 0 unspecified atom stereocenters. The van der Waals surface area contributed by atoms with Gasteiger partial charge in [-0.3, -0.25) is 9.89 Å². The Bertz CT molecular complexity index is 1010. The summed E-state index contributed by atoms with van der Waals surface area (Å²) in [5.41, 5.74) is 2.73. The van der Waals surface area contributed by atoms with Gasteiger partial charge in [0.1, 0.15) is 11.4 Å². The molecule has 1 aromatic heterocycles. The average molecular weight is 390 g/mol. The van der Waals surface area contributed by atoms with E-state index in [1.54, 1.807) is 24.3 Å². The largest absolute Gasteiger partial charge is 0.476 e. The molecule has 29 heavy (non-hydrogen) atoms. The Hall–Kier alpha value is -3.61. The molecule has 3 aromatic rings. The van der Waals surface area contributed by atoms with Gasteiger partial charge in [0.15, 0.2) is 5.69 Å². The molecule has 0 bridgehead atoms. The predicted octanol–water partition coefficient (Wildman–Crippen LogP) is 4.02. The highest BCUT2D eigenvalue weighted by atomic mass is 16.4. The van der Waals surface area contributed by atoms with Gasteiger partial charge in [-0.25, -0.2) is 4.79 Å². The van der Waals surface area contributed by atoms with Crippen LogP contribution < -0.4 is 10.2 Å². The number of anilines is 2. The standard InChI is InChI=1S/C22H22N4O3/c27-21(16-7-3-1-4-8-16)23-19-18(24-25-20(19)22(28)29)15-9-11-17(12-10-15)26-13-5-2-6-14-26/h1,3-4,7-12H,2,5-6,13-14H2,(H,23,27)(H,24,25)(H,28,29). The van der Waals surface area contributed by atoms with Gasteiger partial charge in [0.2, 0.25) is 0 Å². The molecule has 3 N–H and O–H groups in total. The molecular weight excluding hydrogens is 368 g/mol. The van der Waals surface area contributed by atoms with E-state index in [9.17, 15) is 14.7 Å². The van der Waals surface area contributed by atoms with Crippen LogP contribution in [-0.2, 0) is 0 Å². The molecule has 1 aliphatic heterocycles. The predicted molar refractivity (Wildman–Crippen MR) is 111 cm³/mol. The Kier molecular flexibility index (Phi) is 5.29. The summed E-state index contributed by atoms with van der Waals surface area (Å²) in [4.78, 5) is 26.5. The zero-order chi connectivity index (χ0) is 20.2. The quantitative estimate of drug-likeness (QED) is 0.611. The minimum atomic E-state index is -1.18. The van der Waals surface area contributed by atoms with Crippen LogP contribution in [0.3, 0.4) is 0 Å². The van der Waals surface area contributed by atoms with Crippen molar-refractivity contribution in [1.82, 2.24) is 10.2 Å². The lowest BCUT2D eigenvalue weighted by Crippen LogP contribution is -2.29. The molecule has 1 aliphatic rings. The lowest BCUT2D eigenvalue weighted by Gasteiger charge is -2.28. The lowest BCUT2D eigenvalue weighted by atomic mass is 10.1. The number of benzene rings is 2. The van der Waals surface area contributed by atoms with Gasteiger partial charge in [0.25, 0.3) is 5.91 Å². The number of hydrogen-bond donors (Lipinski definition) is 3. The fraction of sp³-hybridized carbons (Fsp3) is 0.227. The van der Waals surface area contributed by atoms with Crippen LogP contribution in [0.15, 0.2) is 54.6 Å². The van der Waals surface area contributed by atoms with Crippen LogP contribution in [0.4, 0.5) is 11.4 Å². The highest BCUT2D eigenvalue weighted by Crippen LogP contribution is 2.31. The Morgan fingerprint density at radius 3 is 2.31 bits per heavy atom. The van der Waals surface area contributed by atoms with E-state index in [1.807, 2.05) is 30.3 Å². The number of aromatic nitrogens is 2. The molecule has 2 aromatic carbocycles. The third-order valence-electron chi connectivity index (χ3n) is 5.12. The molecule has 148 valence electrons. The van der Waals surface area contributed by atoms with Crippen LogP contribution in [0.2, 0.25) is 0 Å². The topological polar surface area (TPSA) is 98.3 Å². The summed E-state index contributed by atoms with van der Waals surface area (Å²) in [6.07, 6.45) is 3.65. The van der Waals surface area contributed by atoms with Crippen molar-refractivity contribution in [2.75, 3.05) is 23.3 Å². The van der Waals surface area contributed by atoms with Crippen molar-refractivity contribution in [3.8, 4) is 11.3 Å².